The molecule has 0 radical (unpaired) electrons. The molecule has 0 saturated carbocycles. The van der Waals surface area contributed by atoms with Crippen molar-refractivity contribution >= 4 is 17.3 Å². The number of esters is 1. The van der Waals surface area contributed by atoms with Gasteiger partial charge < -0.3 is 19.3 Å². The van der Waals surface area contributed by atoms with Gasteiger partial charge in [-0.1, -0.05) is 36.4 Å². The van der Waals surface area contributed by atoms with Crippen molar-refractivity contribution in [2.24, 2.45) is 0 Å². The van der Waals surface area contributed by atoms with E-state index in [2.05, 4.69) is 98.7 Å². The first kappa shape index (κ1) is 25.2. The summed E-state index contributed by atoms with van der Waals surface area (Å²) in [6.45, 7) is 2.72. The number of carbonyl (C=O) groups is 1. The van der Waals surface area contributed by atoms with Gasteiger partial charge in [0, 0.05) is 51.9 Å². The van der Waals surface area contributed by atoms with Crippen molar-refractivity contribution < 1.29 is 14.3 Å². The van der Waals surface area contributed by atoms with E-state index in [1.54, 1.807) is 0 Å². The molecule has 5 heteroatoms. The normalized spacial score (nSPS) is 10.8. The van der Waals surface area contributed by atoms with Crippen LogP contribution in [0, 0.1) is 0 Å². The Morgan fingerprint density at radius 2 is 1.18 bits per heavy atom. The second-order valence-corrected chi connectivity index (χ2v) is 8.73. The minimum Gasteiger partial charge on any atom is -0.494 e. The van der Waals surface area contributed by atoms with E-state index in [-0.39, 0.29) is 11.9 Å². The molecule has 0 unspecified atom stereocenters. The lowest BCUT2D eigenvalue weighted by Gasteiger charge is -2.22. The van der Waals surface area contributed by atoms with Crippen molar-refractivity contribution in [3.8, 4) is 5.75 Å². The van der Waals surface area contributed by atoms with Crippen LogP contribution in [0.1, 0.15) is 42.4 Å². The highest BCUT2D eigenvalue weighted by atomic mass is 16.5. The number of hydrogen-bond donors (Lipinski definition) is 0. The number of nitrogens with zero attached hydrogens (tertiary/aromatic N) is 2. The maximum Gasteiger partial charge on any atom is 0.305 e. The summed E-state index contributed by atoms with van der Waals surface area (Å²) in [6.07, 6.45) is 1.01. The van der Waals surface area contributed by atoms with E-state index in [1.165, 1.54) is 28.1 Å². The Balaban J connectivity index is 1.79. The van der Waals surface area contributed by atoms with Gasteiger partial charge in [0.05, 0.1) is 13.2 Å². The van der Waals surface area contributed by atoms with E-state index in [9.17, 15) is 4.79 Å². The van der Waals surface area contributed by atoms with Crippen molar-refractivity contribution in [3.05, 3.63) is 89.5 Å². The number of hydrogen-bond acceptors (Lipinski definition) is 5. The number of rotatable bonds is 11. The van der Waals surface area contributed by atoms with Gasteiger partial charge in [-0.25, -0.2) is 0 Å². The molecule has 34 heavy (non-hydrogen) atoms. The van der Waals surface area contributed by atoms with Crippen LogP contribution in [-0.4, -0.2) is 47.4 Å². The molecule has 3 aromatic carbocycles. The molecule has 0 amide bonds. The highest BCUT2D eigenvalue weighted by molar-refractivity contribution is 5.69. The van der Waals surface area contributed by atoms with Crippen LogP contribution >= 0.6 is 0 Å². The Kier molecular flexibility index (Phi) is 8.97. The Morgan fingerprint density at radius 1 is 0.735 bits per heavy atom. The van der Waals surface area contributed by atoms with E-state index in [4.69, 9.17) is 9.47 Å². The molecule has 0 atom stereocenters. The molecule has 0 bridgehead atoms. The Hall–Kier alpha value is -3.47. The van der Waals surface area contributed by atoms with Crippen molar-refractivity contribution in [2.45, 2.75) is 25.7 Å². The van der Waals surface area contributed by atoms with E-state index >= 15 is 0 Å². The van der Waals surface area contributed by atoms with Gasteiger partial charge in [0.1, 0.15) is 5.75 Å². The zero-order valence-electron chi connectivity index (χ0n) is 21.0. The SMILES string of the molecule is CCOC(=O)CCCOc1ccc(C(c2ccc(N(C)C)cc2)c2ccc(N(C)C)cc2)cc1. The lowest BCUT2D eigenvalue weighted by molar-refractivity contribution is -0.143. The monoisotopic (exact) mass is 460 g/mol. The fraction of sp³-hybridized carbons (Fsp3) is 0.345. The minimum atomic E-state index is -0.176. The summed E-state index contributed by atoms with van der Waals surface area (Å²) in [6, 6.07) is 25.8. The van der Waals surface area contributed by atoms with Gasteiger partial charge in [-0.15, -0.1) is 0 Å². The molecule has 0 fully saturated rings. The molecule has 180 valence electrons. The summed E-state index contributed by atoms with van der Waals surface area (Å²) in [5.41, 5.74) is 6.04. The van der Waals surface area contributed by atoms with Crippen LogP contribution in [0.5, 0.6) is 5.75 Å². The molecule has 0 aliphatic heterocycles. The maximum absolute atomic E-state index is 11.5. The third-order valence-electron chi connectivity index (χ3n) is 5.80. The van der Waals surface area contributed by atoms with Crippen LogP contribution in [0.2, 0.25) is 0 Å². The van der Waals surface area contributed by atoms with Crippen molar-refractivity contribution in [2.75, 3.05) is 51.2 Å². The first-order valence-corrected chi connectivity index (χ1v) is 11.8. The first-order chi connectivity index (χ1) is 16.4. The molecule has 0 N–H and O–H groups in total. The standard InChI is InChI=1S/C29H36N2O3/c1-6-33-28(32)8-7-21-34-27-19-13-24(14-20-27)29(22-9-15-25(16-10-22)30(2)3)23-11-17-26(18-12-23)31(4)5/h9-20,29H,6-8,21H2,1-5H3. The lowest BCUT2D eigenvalue weighted by Crippen LogP contribution is -2.10. The first-order valence-electron chi connectivity index (χ1n) is 11.8. The van der Waals surface area contributed by atoms with E-state index in [0.717, 1.165) is 5.75 Å². The number of carbonyl (C=O) groups excluding carboxylic acids is 1. The van der Waals surface area contributed by atoms with Crippen molar-refractivity contribution in [1.82, 2.24) is 0 Å². The lowest BCUT2D eigenvalue weighted by atomic mass is 9.85. The van der Waals surface area contributed by atoms with Crippen LogP contribution in [0.4, 0.5) is 11.4 Å². The van der Waals surface area contributed by atoms with E-state index in [1.807, 2.05) is 19.1 Å². The summed E-state index contributed by atoms with van der Waals surface area (Å²) in [4.78, 5) is 15.7. The molecule has 5 nitrogen and oxygen atoms in total. The molecular formula is C29H36N2O3. The van der Waals surface area contributed by atoms with Crippen molar-refractivity contribution in [3.63, 3.8) is 0 Å². The Labute approximate surface area is 203 Å². The van der Waals surface area contributed by atoms with Crippen LogP contribution in [0.15, 0.2) is 72.8 Å². The second kappa shape index (κ2) is 12.1. The van der Waals surface area contributed by atoms with E-state index in [0.29, 0.717) is 26.1 Å². The van der Waals surface area contributed by atoms with Gasteiger partial charge in [0.15, 0.2) is 0 Å². The zero-order chi connectivity index (χ0) is 24.5. The maximum atomic E-state index is 11.5. The fourth-order valence-corrected chi connectivity index (χ4v) is 3.90. The Morgan fingerprint density at radius 3 is 1.59 bits per heavy atom. The van der Waals surface area contributed by atoms with Crippen molar-refractivity contribution in [1.29, 1.82) is 0 Å². The predicted molar refractivity (Wildman–Crippen MR) is 140 cm³/mol. The van der Waals surface area contributed by atoms with Crippen LogP contribution in [0.25, 0.3) is 0 Å². The highest BCUT2D eigenvalue weighted by Crippen LogP contribution is 2.34. The fourth-order valence-electron chi connectivity index (χ4n) is 3.90. The molecule has 3 aromatic rings. The van der Waals surface area contributed by atoms with Gasteiger partial charge >= 0.3 is 5.97 Å². The van der Waals surface area contributed by atoms with Gasteiger partial charge in [-0.3, -0.25) is 4.79 Å². The number of ether oxygens (including phenoxy) is 2. The Bertz CT molecular complexity index is 975. The molecule has 0 aliphatic carbocycles. The molecule has 0 heterocycles. The zero-order valence-corrected chi connectivity index (χ0v) is 21.0. The van der Waals surface area contributed by atoms with Gasteiger partial charge in [-0.2, -0.15) is 0 Å². The third-order valence-corrected chi connectivity index (χ3v) is 5.80. The number of benzene rings is 3. The summed E-state index contributed by atoms with van der Waals surface area (Å²) in [5.74, 6) is 0.743. The minimum absolute atomic E-state index is 0.116. The molecule has 3 rings (SSSR count). The molecule has 0 aromatic heterocycles. The highest BCUT2D eigenvalue weighted by Gasteiger charge is 2.17. The van der Waals surface area contributed by atoms with Gasteiger partial charge in [0.25, 0.3) is 0 Å². The average molecular weight is 461 g/mol. The summed E-state index contributed by atoms with van der Waals surface area (Å²) in [7, 11) is 8.21. The topological polar surface area (TPSA) is 42.0 Å². The smallest absolute Gasteiger partial charge is 0.305 e. The quantitative estimate of drug-likeness (QED) is 0.208. The third kappa shape index (κ3) is 6.77. The largest absolute Gasteiger partial charge is 0.494 e. The van der Waals surface area contributed by atoms with Gasteiger partial charge in [-0.05, 0) is 66.4 Å². The summed E-state index contributed by atoms with van der Waals surface area (Å²) < 4.78 is 10.8. The van der Waals surface area contributed by atoms with Crippen LogP contribution in [-0.2, 0) is 9.53 Å². The molecular weight excluding hydrogens is 424 g/mol. The summed E-state index contributed by atoms with van der Waals surface area (Å²) in [5, 5.41) is 0. The molecule has 0 saturated heterocycles. The second-order valence-electron chi connectivity index (χ2n) is 8.73. The molecule has 0 aliphatic rings. The average Bonchev–Trinajstić information content (AvgIpc) is 2.84. The van der Waals surface area contributed by atoms with Crippen LogP contribution < -0.4 is 14.5 Å². The van der Waals surface area contributed by atoms with E-state index < -0.39 is 0 Å². The predicted octanol–water partition coefficient (Wildman–Crippen LogP) is 5.72. The number of anilines is 2. The van der Waals surface area contributed by atoms with Gasteiger partial charge in [0.2, 0.25) is 0 Å². The van der Waals surface area contributed by atoms with Crippen LogP contribution in [0.3, 0.4) is 0 Å². The summed E-state index contributed by atoms with van der Waals surface area (Å²) >= 11 is 0. The molecule has 0 spiro atoms.